The summed E-state index contributed by atoms with van der Waals surface area (Å²) in [5.41, 5.74) is 1.06. The molecule has 0 amide bonds. The van der Waals surface area contributed by atoms with Crippen LogP contribution in [0.4, 0.5) is 0 Å². The quantitative estimate of drug-likeness (QED) is 0.609. The minimum absolute atomic E-state index is 0.0717. The lowest BCUT2D eigenvalue weighted by molar-refractivity contribution is -0.142. The van der Waals surface area contributed by atoms with E-state index in [1.54, 1.807) is 0 Å². The van der Waals surface area contributed by atoms with E-state index >= 15 is 0 Å². The van der Waals surface area contributed by atoms with Gasteiger partial charge in [-0.25, -0.2) is 0 Å². The van der Waals surface area contributed by atoms with E-state index < -0.39 is 0 Å². The molecule has 1 aromatic carbocycles. The summed E-state index contributed by atoms with van der Waals surface area (Å²) in [6, 6.07) is 7.67. The van der Waals surface area contributed by atoms with Gasteiger partial charge in [-0.05, 0) is 31.0 Å². The highest BCUT2D eigenvalue weighted by molar-refractivity contribution is 6.30. The van der Waals surface area contributed by atoms with Crippen LogP contribution in [0.25, 0.3) is 0 Å². The molecule has 0 aliphatic heterocycles. The average molecular weight is 270 g/mol. The predicted octanol–water partition coefficient (Wildman–Crippen LogP) is 3.33. The van der Waals surface area contributed by atoms with Gasteiger partial charge in [0, 0.05) is 11.1 Å². The molecule has 0 fully saturated rings. The van der Waals surface area contributed by atoms with Gasteiger partial charge in [0.2, 0.25) is 0 Å². The summed E-state index contributed by atoms with van der Waals surface area (Å²) in [6.07, 6.45) is 1.94. The van der Waals surface area contributed by atoms with E-state index in [-0.39, 0.29) is 18.6 Å². The second-order valence-electron chi connectivity index (χ2n) is 4.23. The average Bonchev–Trinajstić information content (AvgIpc) is 2.36. The van der Waals surface area contributed by atoms with Crippen LogP contribution in [0.5, 0.6) is 0 Å². The second-order valence-corrected chi connectivity index (χ2v) is 4.67. The van der Waals surface area contributed by atoms with Crippen molar-refractivity contribution in [2.75, 3.05) is 13.2 Å². The Hall–Kier alpha value is -1.06. The molecule has 1 aromatic rings. The minimum atomic E-state index is -0.211. The number of benzene rings is 1. The van der Waals surface area contributed by atoms with Gasteiger partial charge in [0.25, 0.3) is 0 Å². The van der Waals surface area contributed by atoms with Crippen LogP contribution in [0, 0.1) is 0 Å². The summed E-state index contributed by atoms with van der Waals surface area (Å²) >= 11 is 5.92. The Labute approximate surface area is 113 Å². The smallest absolute Gasteiger partial charge is 0.319 e. The number of unbranched alkanes of at least 4 members (excludes halogenated alkanes) is 1. The Morgan fingerprint density at radius 3 is 2.94 bits per heavy atom. The van der Waals surface area contributed by atoms with Crippen LogP contribution in [0.1, 0.15) is 38.3 Å². The Morgan fingerprint density at radius 2 is 2.28 bits per heavy atom. The topological polar surface area (TPSA) is 38.3 Å². The molecule has 0 bridgehead atoms. The Bertz CT molecular complexity index is 382. The molecule has 0 unspecified atom stereocenters. The molecule has 18 heavy (non-hydrogen) atoms. The molecule has 4 heteroatoms. The Kier molecular flexibility index (Phi) is 6.76. The van der Waals surface area contributed by atoms with Gasteiger partial charge in [0.1, 0.15) is 0 Å². The third-order valence-electron chi connectivity index (χ3n) is 2.66. The number of hydrogen-bond donors (Lipinski definition) is 1. The Morgan fingerprint density at radius 1 is 1.50 bits per heavy atom. The molecular formula is C14H20ClNO2. The number of nitrogens with one attached hydrogen (secondary N) is 1. The standard InChI is InChI=1S/C14H20ClNO2/c1-3-4-8-18-14(17)10-16-11(2)12-6-5-7-13(15)9-12/h5-7,9,11,16H,3-4,8,10H2,1-2H3/t11-/m0/s1. The van der Waals surface area contributed by atoms with E-state index in [9.17, 15) is 4.79 Å². The van der Waals surface area contributed by atoms with Gasteiger partial charge in [-0.3, -0.25) is 4.79 Å². The first-order valence-corrected chi connectivity index (χ1v) is 6.65. The third kappa shape index (κ3) is 5.52. The zero-order valence-corrected chi connectivity index (χ0v) is 11.7. The molecule has 0 radical (unpaired) electrons. The SMILES string of the molecule is CCCCOC(=O)CN[C@@H](C)c1cccc(Cl)c1. The first kappa shape index (κ1) is 15.0. The number of halogens is 1. The van der Waals surface area contributed by atoms with Gasteiger partial charge >= 0.3 is 5.97 Å². The molecule has 3 nitrogen and oxygen atoms in total. The summed E-state index contributed by atoms with van der Waals surface area (Å²) < 4.78 is 5.06. The number of carbonyl (C=O) groups is 1. The Balaban J connectivity index is 2.32. The van der Waals surface area contributed by atoms with E-state index in [0.717, 1.165) is 18.4 Å². The highest BCUT2D eigenvalue weighted by atomic mass is 35.5. The van der Waals surface area contributed by atoms with Crippen molar-refractivity contribution in [2.24, 2.45) is 0 Å². The molecule has 0 aromatic heterocycles. The fraction of sp³-hybridized carbons (Fsp3) is 0.500. The molecule has 100 valence electrons. The van der Waals surface area contributed by atoms with Gasteiger partial charge in [-0.2, -0.15) is 0 Å². The van der Waals surface area contributed by atoms with Crippen LogP contribution >= 0.6 is 11.6 Å². The molecule has 0 saturated heterocycles. The van der Waals surface area contributed by atoms with Gasteiger partial charge in [-0.15, -0.1) is 0 Å². The van der Waals surface area contributed by atoms with E-state index in [1.807, 2.05) is 31.2 Å². The summed E-state index contributed by atoms with van der Waals surface area (Å²) in [7, 11) is 0. The van der Waals surface area contributed by atoms with E-state index in [4.69, 9.17) is 16.3 Å². The second kappa shape index (κ2) is 8.11. The number of rotatable bonds is 7. The van der Waals surface area contributed by atoms with Crippen molar-refractivity contribution in [1.29, 1.82) is 0 Å². The van der Waals surface area contributed by atoms with E-state index in [0.29, 0.717) is 11.6 Å². The van der Waals surface area contributed by atoms with Crippen LogP contribution in [0.3, 0.4) is 0 Å². The number of carbonyl (C=O) groups excluding carboxylic acids is 1. The zero-order chi connectivity index (χ0) is 13.4. The van der Waals surface area contributed by atoms with Gasteiger partial charge in [-0.1, -0.05) is 37.1 Å². The molecule has 0 saturated carbocycles. The van der Waals surface area contributed by atoms with Crippen molar-refractivity contribution in [3.05, 3.63) is 34.9 Å². The number of hydrogen-bond acceptors (Lipinski definition) is 3. The van der Waals surface area contributed by atoms with Crippen LogP contribution in [-0.4, -0.2) is 19.1 Å². The molecule has 1 N–H and O–H groups in total. The molecule has 0 aliphatic carbocycles. The molecule has 0 heterocycles. The van der Waals surface area contributed by atoms with Crippen LogP contribution in [0.15, 0.2) is 24.3 Å². The number of esters is 1. The molecule has 1 rings (SSSR count). The fourth-order valence-electron chi connectivity index (χ4n) is 1.51. The third-order valence-corrected chi connectivity index (χ3v) is 2.90. The summed E-state index contributed by atoms with van der Waals surface area (Å²) in [5, 5.41) is 3.82. The van der Waals surface area contributed by atoms with Crippen molar-refractivity contribution in [3.8, 4) is 0 Å². The van der Waals surface area contributed by atoms with Crippen molar-refractivity contribution in [3.63, 3.8) is 0 Å². The van der Waals surface area contributed by atoms with Crippen molar-refractivity contribution >= 4 is 17.6 Å². The molecule has 1 atom stereocenters. The molecular weight excluding hydrogens is 250 g/mol. The molecule has 0 spiro atoms. The van der Waals surface area contributed by atoms with E-state index in [2.05, 4.69) is 12.2 Å². The maximum Gasteiger partial charge on any atom is 0.319 e. The van der Waals surface area contributed by atoms with E-state index in [1.165, 1.54) is 0 Å². The fourth-order valence-corrected chi connectivity index (χ4v) is 1.71. The summed E-state index contributed by atoms with van der Waals surface area (Å²) in [5.74, 6) is -0.211. The highest BCUT2D eigenvalue weighted by Crippen LogP contribution is 2.16. The zero-order valence-electron chi connectivity index (χ0n) is 10.9. The highest BCUT2D eigenvalue weighted by Gasteiger charge is 2.08. The predicted molar refractivity (Wildman–Crippen MR) is 73.7 cm³/mol. The van der Waals surface area contributed by atoms with Crippen LogP contribution in [-0.2, 0) is 9.53 Å². The maximum absolute atomic E-state index is 11.4. The van der Waals surface area contributed by atoms with Crippen molar-refractivity contribution in [2.45, 2.75) is 32.7 Å². The first-order valence-electron chi connectivity index (χ1n) is 6.28. The normalized spacial score (nSPS) is 12.2. The minimum Gasteiger partial charge on any atom is -0.465 e. The lowest BCUT2D eigenvalue weighted by Crippen LogP contribution is -2.27. The molecule has 0 aliphatic rings. The number of ether oxygens (including phenoxy) is 1. The van der Waals surface area contributed by atoms with Crippen LogP contribution < -0.4 is 5.32 Å². The lowest BCUT2D eigenvalue weighted by Gasteiger charge is -2.14. The first-order chi connectivity index (χ1) is 8.63. The lowest BCUT2D eigenvalue weighted by atomic mass is 10.1. The summed E-state index contributed by atoms with van der Waals surface area (Å²) in [4.78, 5) is 11.4. The van der Waals surface area contributed by atoms with Gasteiger partial charge in [0.05, 0.1) is 13.2 Å². The monoisotopic (exact) mass is 269 g/mol. The maximum atomic E-state index is 11.4. The van der Waals surface area contributed by atoms with Gasteiger partial charge in [0.15, 0.2) is 0 Å². The largest absolute Gasteiger partial charge is 0.465 e. The van der Waals surface area contributed by atoms with Crippen LogP contribution in [0.2, 0.25) is 5.02 Å². The van der Waals surface area contributed by atoms with Crippen molar-refractivity contribution < 1.29 is 9.53 Å². The van der Waals surface area contributed by atoms with Crippen molar-refractivity contribution in [1.82, 2.24) is 5.32 Å². The summed E-state index contributed by atoms with van der Waals surface area (Å²) in [6.45, 7) is 4.78. The van der Waals surface area contributed by atoms with Gasteiger partial charge < -0.3 is 10.1 Å².